The summed E-state index contributed by atoms with van der Waals surface area (Å²) >= 11 is 0. The number of anilines is 1. The van der Waals surface area contributed by atoms with Gasteiger partial charge in [0, 0.05) is 25.3 Å². The molecule has 94 valence electrons. The summed E-state index contributed by atoms with van der Waals surface area (Å²) in [7, 11) is 3.92. The highest BCUT2D eigenvalue weighted by molar-refractivity contribution is 5.99. The van der Waals surface area contributed by atoms with Gasteiger partial charge in [-0.1, -0.05) is 17.3 Å². The van der Waals surface area contributed by atoms with Crippen LogP contribution in [0.3, 0.4) is 0 Å². The smallest absolute Gasteiger partial charge is 0.254 e. The number of aryl methyl sites for hydroxylation is 1. The summed E-state index contributed by atoms with van der Waals surface area (Å²) in [5, 5.41) is 3.89. The van der Waals surface area contributed by atoms with Crippen LogP contribution < -0.4 is 10.6 Å². The number of rotatable bonds is 3. The van der Waals surface area contributed by atoms with Gasteiger partial charge in [-0.05, 0) is 19.1 Å². The average molecular weight is 245 g/mol. The van der Waals surface area contributed by atoms with Crippen molar-refractivity contribution in [3.8, 4) is 11.3 Å². The fourth-order valence-corrected chi connectivity index (χ4v) is 1.78. The van der Waals surface area contributed by atoms with Gasteiger partial charge in [-0.15, -0.1) is 0 Å². The Balaban J connectivity index is 2.46. The van der Waals surface area contributed by atoms with Crippen LogP contribution in [0.5, 0.6) is 0 Å². The molecule has 0 aliphatic rings. The Morgan fingerprint density at radius 1 is 1.28 bits per heavy atom. The molecule has 0 saturated carbocycles. The fraction of sp³-hybridized carbons (Fsp3) is 0.231. The molecule has 1 heterocycles. The lowest BCUT2D eigenvalue weighted by Crippen LogP contribution is -2.12. The van der Waals surface area contributed by atoms with E-state index < -0.39 is 5.91 Å². The Morgan fingerprint density at radius 2 is 1.89 bits per heavy atom. The second kappa shape index (κ2) is 4.52. The number of amides is 1. The minimum Gasteiger partial charge on any atom is -0.378 e. The Morgan fingerprint density at radius 3 is 2.39 bits per heavy atom. The highest BCUT2D eigenvalue weighted by Gasteiger charge is 2.19. The van der Waals surface area contributed by atoms with Gasteiger partial charge in [-0.25, -0.2) is 0 Å². The summed E-state index contributed by atoms with van der Waals surface area (Å²) in [6.07, 6.45) is 0. The molecule has 0 spiro atoms. The standard InChI is InChI=1S/C13H15N3O2/c1-8-11(13(14)17)12(15-18-8)9-4-6-10(7-5-9)16(2)3/h4-7H,1-3H3,(H2,14,17). The van der Waals surface area contributed by atoms with E-state index in [4.69, 9.17) is 10.3 Å². The van der Waals surface area contributed by atoms with Crippen molar-refractivity contribution in [1.82, 2.24) is 5.16 Å². The summed E-state index contributed by atoms with van der Waals surface area (Å²) in [4.78, 5) is 13.4. The number of carbonyl (C=O) groups is 1. The highest BCUT2D eigenvalue weighted by atomic mass is 16.5. The first-order chi connectivity index (χ1) is 8.50. The van der Waals surface area contributed by atoms with Crippen molar-refractivity contribution >= 4 is 11.6 Å². The first kappa shape index (κ1) is 12.2. The van der Waals surface area contributed by atoms with E-state index in [1.54, 1.807) is 6.92 Å². The van der Waals surface area contributed by atoms with Crippen LogP contribution in [0.15, 0.2) is 28.8 Å². The summed E-state index contributed by atoms with van der Waals surface area (Å²) in [6.45, 7) is 1.67. The number of carbonyl (C=O) groups excluding carboxylic acids is 1. The maximum atomic E-state index is 11.4. The number of nitrogens with two attached hydrogens (primary N) is 1. The number of hydrogen-bond acceptors (Lipinski definition) is 4. The molecule has 0 radical (unpaired) electrons. The molecule has 0 unspecified atom stereocenters. The van der Waals surface area contributed by atoms with E-state index in [0.29, 0.717) is 17.0 Å². The van der Waals surface area contributed by atoms with Crippen LogP contribution in [0.1, 0.15) is 16.1 Å². The van der Waals surface area contributed by atoms with E-state index >= 15 is 0 Å². The Labute approximate surface area is 105 Å². The van der Waals surface area contributed by atoms with Crippen molar-refractivity contribution in [2.24, 2.45) is 5.73 Å². The average Bonchev–Trinajstić information content (AvgIpc) is 2.71. The van der Waals surface area contributed by atoms with Crippen molar-refractivity contribution in [2.45, 2.75) is 6.92 Å². The number of hydrogen-bond donors (Lipinski definition) is 1. The molecule has 5 nitrogen and oxygen atoms in total. The van der Waals surface area contributed by atoms with E-state index in [-0.39, 0.29) is 0 Å². The van der Waals surface area contributed by atoms with E-state index in [2.05, 4.69) is 5.16 Å². The zero-order valence-electron chi connectivity index (χ0n) is 10.6. The number of nitrogens with zero attached hydrogens (tertiary/aromatic N) is 2. The van der Waals surface area contributed by atoms with Crippen LogP contribution in [0.2, 0.25) is 0 Å². The van der Waals surface area contributed by atoms with Crippen molar-refractivity contribution in [3.05, 3.63) is 35.6 Å². The van der Waals surface area contributed by atoms with Crippen molar-refractivity contribution < 1.29 is 9.32 Å². The maximum absolute atomic E-state index is 11.4. The lowest BCUT2D eigenvalue weighted by atomic mass is 10.1. The summed E-state index contributed by atoms with van der Waals surface area (Å²) in [5.74, 6) is -0.0883. The topological polar surface area (TPSA) is 72.4 Å². The molecule has 5 heteroatoms. The normalized spacial score (nSPS) is 10.4. The molecule has 0 saturated heterocycles. The third-order valence-electron chi connectivity index (χ3n) is 2.77. The molecule has 1 aromatic heterocycles. The molecule has 0 aliphatic heterocycles. The maximum Gasteiger partial charge on any atom is 0.254 e. The number of benzene rings is 1. The zero-order chi connectivity index (χ0) is 13.3. The van der Waals surface area contributed by atoms with Gasteiger partial charge in [0.1, 0.15) is 17.0 Å². The van der Waals surface area contributed by atoms with E-state index in [1.165, 1.54) is 0 Å². The van der Waals surface area contributed by atoms with E-state index in [9.17, 15) is 4.79 Å². The number of aromatic nitrogens is 1. The molecule has 1 amide bonds. The van der Waals surface area contributed by atoms with Crippen molar-refractivity contribution in [2.75, 3.05) is 19.0 Å². The second-order valence-electron chi connectivity index (χ2n) is 4.27. The SMILES string of the molecule is Cc1onc(-c2ccc(N(C)C)cc2)c1C(N)=O. The first-order valence-electron chi connectivity index (χ1n) is 5.54. The lowest BCUT2D eigenvalue weighted by Gasteiger charge is -2.12. The lowest BCUT2D eigenvalue weighted by molar-refractivity contribution is 0.0999. The summed E-state index contributed by atoms with van der Waals surface area (Å²) in [6, 6.07) is 7.67. The summed E-state index contributed by atoms with van der Waals surface area (Å²) in [5.41, 5.74) is 8.04. The molecule has 18 heavy (non-hydrogen) atoms. The molecular formula is C13H15N3O2. The molecule has 2 N–H and O–H groups in total. The predicted octanol–water partition coefficient (Wildman–Crippen LogP) is 1.81. The van der Waals surface area contributed by atoms with Gasteiger partial charge in [0.15, 0.2) is 0 Å². The number of primary amides is 1. The Bertz CT molecular complexity index is 570. The van der Waals surface area contributed by atoms with E-state index in [1.807, 2.05) is 43.3 Å². The zero-order valence-corrected chi connectivity index (χ0v) is 10.6. The fourth-order valence-electron chi connectivity index (χ4n) is 1.78. The van der Waals surface area contributed by atoms with Crippen LogP contribution in [0.25, 0.3) is 11.3 Å². The van der Waals surface area contributed by atoms with Crippen molar-refractivity contribution in [3.63, 3.8) is 0 Å². The third kappa shape index (κ3) is 2.07. The van der Waals surface area contributed by atoms with Gasteiger partial charge >= 0.3 is 0 Å². The molecule has 1 aromatic carbocycles. The molecule has 0 fully saturated rings. The quantitative estimate of drug-likeness (QED) is 0.895. The van der Waals surface area contributed by atoms with Gasteiger partial charge in [-0.2, -0.15) is 0 Å². The summed E-state index contributed by atoms with van der Waals surface area (Å²) < 4.78 is 5.03. The van der Waals surface area contributed by atoms with Gasteiger partial charge in [-0.3, -0.25) is 4.79 Å². The van der Waals surface area contributed by atoms with Gasteiger partial charge < -0.3 is 15.2 Å². The molecule has 0 aliphatic carbocycles. The Hall–Kier alpha value is -2.30. The molecule has 2 aromatic rings. The largest absolute Gasteiger partial charge is 0.378 e. The van der Waals surface area contributed by atoms with E-state index in [0.717, 1.165) is 11.3 Å². The minimum atomic E-state index is -0.527. The molecular weight excluding hydrogens is 230 g/mol. The van der Waals surface area contributed by atoms with Gasteiger partial charge in [0.05, 0.1) is 0 Å². The van der Waals surface area contributed by atoms with Gasteiger partial charge in [0.2, 0.25) is 0 Å². The highest BCUT2D eigenvalue weighted by Crippen LogP contribution is 2.26. The molecule has 2 rings (SSSR count). The predicted molar refractivity (Wildman–Crippen MR) is 69.5 cm³/mol. The monoisotopic (exact) mass is 245 g/mol. The van der Waals surface area contributed by atoms with Crippen LogP contribution in [0.4, 0.5) is 5.69 Å². The second-order valence-corrected chi connectivity index (χ2v) is 4.27. The Kier molecular flexibility index (Phi) is 3.06. The molecule has 0 atom stereocenters. The third-order valence-corrected chi connectivity index (χ3v) is 2.77. The van der Waals surface area contributed by atoms with Crippen LogP contribution >= 0.6 is 0 Å². The first-order valence-corrected chi connectivity index (χ1v) is 5.54. The van der Waals surface area contributed by atoms with Gasteiger partial charge in [0.25, 0.3) is 5.91 Å². The van der Waals surface area contributed by atoms with Crippen LogP contribution in [0, 0.1) is 6.92 Å². The van der Waals surface area contributed by atoms with Crippen LogP contribution in [-0.2, 0) is 0 Å². The minimum absolute atomic E-state index is 0.340. The van der Waals surface area contributed by atoms with Crippen LogP contribution in [-0.4, -0.2) is 25.2 Å². The molecule has 0 bridgehead atoms. The van der Waals surface area contributed by atoms with Crippen molar-refractivity contribution in [1.29, 1.82) is 0 Å².